The number of aliphatic hydroxyl groups excluding tert-OH is 1. The minimum atomic E-state index is 0.198. The highest BCUT2D eigenvalue weighted by molar-refractivity contribution is 5.24. The summed E-state index contributed by atoms with van der Waals surface area (Å²) in [5.41, 5.74) is 2.68. The van der Waals surface area contributed by atoms with Gasteiger partial charge in [0.15, 0.2) is 0 Å². The Kier molecular flexibility index (Phi) is 5.37. The summed E-state index contributed by atoms with van der Waals surface area (Å²) in [6.07, 6.45) is 2.13. The fraction of sp³-hybridized carbons (Fsp3) is 0.538. The number of hydrogen-bond donors (Lipinski definition) is 2. The topological polar surface area (TPSA) is 32.3 Å². The Balaban J connectivity index is 2.65. The quantitative estimate of drug-likeness (QED) is 0.750. The molecule has 0 saturated carbocycles. The van der Waals surface area contributed by atoms with Crippen LogP contribution in [0.15, 0.2) is 24.3 Å². The lowest BCUT2D eigenvalue weighted by atomic mass is 10.0. The smallest absolute Gasteiger partial charge is 0.0556 e. The van der Waals surface area contributed by atoms with Gasteiger partial charge in [-0.2, -0.15) is 0 Å². The van der Waals surface area contributed by atoms with E-state index < -0.39 is 0 Å². The van der Waals surface area contributed by atoms with Crippen LogP contribution in [0.1, 0.15) is 37.4 Å². The number of nitrogens with one attached hydrogen (secondary N) is 1. The molecule has 0 amide bonds. The molecule has 2 N–H and O–H groups in total. The summed E-state index contributed by atoms with van der Waals surface area (Å²) >= 11 is 0. The van der Waals surface area contributed by atoms with Gasteiger partial charge in [0, 0.05) is 12.6 Å². The highest BCUT2D eigenvalue weighted by Gasteiger charge is 2.07. The average Bonchev–Trinajstić information content (AvgIpc) is 2.31. The Morgan fingerprint density at radius 2 is 1.87 bits per heavy atom. The lowest BCUT2D eigenvalue weighted by Crippen LogP contribution is -2.23. The standard InChI is InChI=1S/C13H21NO/c1-3-11-5-7-12(8-6-11)13(4-2)14-9-10-15/h5-8,13-15H,3-4,9-10H2,1-2H3/t13-/m0/s1. The largest absolute Gasteiger partial charge is 0.395 e. The first kappa shape index (κ1) is 12.2. The highest BCUT2D eigenvalue weighted by Crippen LogP contribution is 2.17. The Morgan fingerprint density at radius 1 is 1.20 bits per heavy atom. The molecule has 0 saturated heterocycles. The molecule has 1 rings (SSSR count). The van der Waals surface area contributed by atoms with Gasteiger partial charge in [-0.1, -0.05) is 38.1 Å². The molecule has 0 spiro atoms. The van der Waals surface area contributed by atoms with Crippen LogP contribution in [0.25, 0.3) is 0 Å². The monoisotopic (exact) mass is 207 g/mol. The van der Waals surface area contributed by atoms with Gasteiger partial charge in [0.25, 0.3) is 0 Å². The number of aryl methyl sites for hydroxylation is 1. The Labute approximate surface area is 92.3 Å². The van der Waals surface area contributed by atoms with Crippen LogP contribution in [0.3, 0.4) is 0 Å². The predicted octanol–water partition coefficient (Wildman–Crippen LogP) is 2.28. The van der Waals surface area contributed by atoms with Gasteiger partial charge in [-0.05, 0) is 24.0 Å². The van der Waals surface area contributed by atoms with Crippen molar-refractivity contribution in [2.24, 2.45) is 0 Å². The Morgan fingerprint density at radius 3 is 2.33 bits per heavy atom. The van der Waals surface area contributed by atoms with Gasteiger partial charge >= 0.3 is 0 Å². The van der Waals surface area contributed by atoms with E-state index in [-0.39, 0.29) is 6.61 Å². The van der Waals surface area contributed by atoms with Crippen LogP contribution >= 0.6 is 0 Å². The van der Waals surface area contributed by atoms with E-state index in [0.717, 1.165) is 12.8 Å². The maximum Gasteiger partial charge on any atom is 0.0556 e. The third-order valence-corrected chi connectivity index (χ3v) is 2.70. The second-order valence-electron chi connectivity index (χ2n) is 3.73. The van der Waals surface area contributed by atoms with Crippen molar-refractivity contribution in [1.29, 1.82) is 0 Å². The lowest BCUT2D eigenvalue weighted by molar-refractivity contribution is 0.283. The summed E-state index contributed by atoms with van der Waals surface area (Å²) in [5, 5.41) is 12.1. The maximum absolute atomic E-state index is 8.78. The Bertz CT molecular complexity index is 268. The minimum Gasteiger partial charge on any atom is -0.395 e. The summed E-state index contributed by atoms with van der Waals surface area (Å²) in [6.45, 7) is 5.18. The number of rotatable bonds is 6. The number of benzene rings is 1. The Hall–Kier alpha value is -0.860. The molecule has 0 bridgehead atoms. The van der Waals surface area contributed by atoms with E-state index in [9.17, 15) is 0 Å². The van der Waals surface area contributed by atoms with Gasteiger partial charge in [-0.25, -0.2) is 0 Å². The van der Waals surface area contributed by atoms with Crippen molar-refractivity contribution in [2.75, 3.05) is 13.2 Å². The van der Waals surface area contributed by atoms with Gasteiger partial charge in [0.2, 0.25) is 0 Å². The zero-order valence-corrected chi connectivity index (χ0v) is 9.66. The van der Waals surface area contributed by atoms with Crippen molar-refractivity contribution >= 4 is 0 Å². The fourth-order valence-electron chi connectivity index (χ4n) is 1.72. The molecule has 1 aromatic carbocycles. The van der Waals surface area contributed by atoms with Gasteiger partial charge in [-0.3, -0.25) is 0 Å². The summed E-state index contributed by atoms with van der Waals surface area (Å²) in [6, 6.07) is 9.08. The van der Waals surface area contributed by atoms with Gasteiger partial charge in [0.05, 0.1) is 6.61 Å². The normalized spacial score (nSPS) is 12.7. The molecular formula is C13H21NO. The zero-order valence-electron chi connectivity index (χ0n) is 9.66. The summed E-state index contributed by atoms with van der Waals surface area (Å²) in [4.78, 5) is 0. The third kappa shape index (κ3) is 3.65. The SMILES string of the molecule is CCc1ccc([C@H](CC)NCCO)cc1. The van der Waals surface area contributed by atoms with E-state index in [4.69, 9.17) is 5.11 Å². The first-order valence-electron chi connectivity index (χ1n) is 5.74. The molecular weight excluding hydrogens is 186 g/mol. The van der Waals surface area contributed by atoms with Crippen molar-refractivity contribution in [3.8, 4) is 0 Å². The van der Waals surface area contributed by atoms with Gasteiger partial charge in [-0.15, -0.1) is 0 Å². The lowest BCUT2D eigenvalue weighted by Gasteiger charge is -2.17. The molecule has 1 aromatic rings. The van der Waals surface area contributed by atoms with Crippen LogP contribution in [-0.2, 0) is 6.42 Å². The summed E-state index contributed by atoms with van der Waals surface area (Å²) in [5.74, 6) is 0. The van der Waals surface area contributed by atoms with E-state index in [1.54, 1.807) is 0 Å². The van der Waals surface area contributed by atoms with Crippen molar-refractivity contribution < 1.29 is 5.11 Å². The van der Waals surface area contributed by atoms with Crippen LogP contribution in [0.4, 0.5) is 0 Å². The maximum atomic E-state index is 8.78. The van der Waals surface area contributed by atoms with Crippen LogP contribution < -0.4 is 5.32 Å². The summed E-state index contributed by atoms with van der Waals surface area (Å²) in [7, 11) is 0. The van der Waals surface area contributed by atoms with Crippen LogP contribution in [-0.4, -0.2) is 18.3 Å². The van der Waals surface area contributed by atoms with Crippen molar-refractivity contribution in [2.45, 2.75) is 32.7 Å². The molecule has 2 heteroatoms. The van der Waals surface area contributed by atoms with E-state index in [1.165, 1.54) is 11.1 Å². The van der Waals surface area contributed by atoms with Gasteiger partial charge < -0.3 is 10.4 Å². The molecule has 0 heterocycles. The zero-order chi connectivity index (χ0) is 11.1. The number of hydrogen-bond acceptors (Lipinski definition) is 2. The van der Waals surface area contributed by atoms with Crippen molar-refractivity contribution in [3.63, 3.8) is 0 Å². The first-order valence-corrected chi connectivity index (χ1v) is 5.74. The van der Waals surface area contributed by atoms with E-state index in [2.05, 4.69) is 43.4 Å². The molecule has 0 aliphatic rings. The molecule has 0 aliphatic heterocycles. The van der Waals surface area contributed by atoms with Crippen LogP contribution in [0, 0.1) is 0 Å². The van der Waals surface area contributed by atoms with Crippen LogP contribution in [0.5, 0.6) is 0 Å². The molecule has 2 nitrogen and oxygen atoms in total. The van der Waals surface area contributed by atoms with Gasteiger partial charge in [0.1, 0.15) is 0 Å². The van der Waals surface area contributed by atoms with E-state index in [0.29, 0.717) is 12.6 Å². The average molecular weight is 207 g/mol. The first-order chi connectivity index (χ1) is 7.31. The molecule has 15 heavy (non-hydrogen) atoms. The molecule has 0 unspecified atom stereocenters. The minimum absolute atomic E-state index is 0.198. The van der Waals surface area contributed by atoms with Crippen molar-refractivity contribution in [1.82, 2.24) is 5.32 Å². The second-order valence-corrected chi connectivity index (χ2v) is 3.73. The molecule has 0 aromatic heterocycles. The summed E-state index contributed by atoms with van der Waals surface area (Å²) < 4.78 is 0. The molecule has 84 valence electrons. The molecule has 0 radical (unpaired) electrons. The molecule has 0 aliphatic carbocycles. The van der Waals surface area contributed by atoms with E-state index >= 15 is 0 Å². The van der Waals surface area contributed by atoms with Crippen LogP contribution in [0.2, 0.25) is 0 Å². The molecule has 0 fully saturated rings. The highest BCUT2D eigenvalue weighted by atomic mass is 16.3. The van der Waals surface area contributed by atoms with Crippen molar-refractivity contribution in [3.05, 3.63) is 35.4 Å². The third-order valence-electron chi connectivity index (χ3n) is 2.70. The second kappa shape index (κ2) is 6.59. The molecule has 1 atom stereocenters. The fourth-order valence-corrected chi connectivity index (χ4v) is 1.72. The number of aliphatic hydroxyl groups is 1. The van der Waals surface area contributed by atoms with E-state index in [1.807, 2.05) is 0 Å². The predicted molar refractivity (Wildman–Crippen MR) is 63.9 cm³/mol.